The molecule has 4 rings (SSSR count). The Bertz CT molecular complexity index is 1010. The van der Waals surface area contributed by atoms with Crippen molar-refractivity contribution in [3.05, 3.63) is 53.8 Å². The lowest BCUT2D eigenvalue weighted by atomic mass is 9.95. The number of halogens is 1. The molecule has 2 heterocycles. The van der Waals surface area contributed by atoms with E-state index in [4.69, 9.17) is 0 Å². The molecule has 156 valence electrons. The number of nitrogens with zero attached hydrogens (tertiary/aromatic N) is 1. The molecule has 8 heteroatoms. The van der Waals surface area contributed by atoms with Crippen LogP contribution in [-0.2, 0) is 9.59 Å². The molecule has 0 radical (unpaired) electrons. The van der Waals surface area contributed by atoms with E-state index in [1.807, 2.05) is 6.26 Å². The third kappa shape index (κ3) is 3.92. The number of piperidine rings is 1. The molecule has 1 fully saturated rings. The normalized spacial score (nSPS) is 20.7. The number of carbonyl (C=O) groups excluding carboxylic acids is 3. The number of amides is 3. The van der Waals surface area contributed by atoms with Crippen molar-refractivity contribution in [1.29, 1.82) is 0 Å². The zero-order valence-electron chi connectivity index (χ0n) is 16.5. The van der Waals surface area contributed by atoms with Crippen LogP contribution in [0.5, 0.6) is 0 Å². The maximum absolute atomic E-state index is 14.2. The summed E-state index contributed by atoms with van der Waals surface area (Å²) in [5, 5.41) is 5.78. The van der Waals surface area contributed by atoms with E-state index in [1.54, 1.807) is 41.3 Å². The maximum Gasteiger partial charge on any atom is 0.256 e. The Labute approximate surface area is 178 Å². The maximum atomic E-state index is 14.2. The van der Waals surface area contributed by atoms with Crippen molar-refractivity contribution in [3.63, 3.8) is 0 Å². The molecule has 2 aliphatic rings. The third-order valence-corrected chi connectivity index (χ3v) is 6.05. The Morgan fingerprint density at radius 1 is 1.23 bits per heavy atom. The summed E-state index contributed by atoms with van der Waals surface area (Å²) >= 11 is 1.43. The van der Waals surface area contributed by atoms with E-state index in [2.05, 4.69) is 10.6 Å². The van der Waals surface area contributed by atoms with Crippen LogP contribution < -0.4 is 10.6 Å². The van der Waals surface area contributed by atoms with Crippen LogP contribution in [0.15, 0.2) is 42.5 Å². The van der Waals surface area contributed by atoms with Crippen LogP contribution in [-0.4, -0.2) is 53.3 Å². The van der Waals surface area contributed by atoms with Gasteiger partial charge in [0.05, 0.1) is 17.0 Å². The van der Waals surface area contributed by atoms with Crippen LogP contribution in [0.4, 0.5) is 10.1 Å². The average molecular weight is 428 g/mol. The SMILES string of the molecule is CSCC(=O)N[C@@H]1CCN2C(=O)c3cc(-c4ccccc4F)ccc3NC(=O)[C@@H]2C1. The van der Waals surface area contributed by atoms with Crippen LogP contribution >= 0.6 is 11.8 Å². The number of nitrogens with one attached hydrogen (secondary N) is 2. The van der Waals surface area contributed by atoms with Gasteiger partial charge < -0.3 is 15.5 Å². The lowest BCUT2D eigenvalue weighted by Gasteiger charge is -2.37. The number of thioether (sulfide) groups is 1. The first kappa shape index (κ1) is 20.4. The van der Waals surface area contributed by atoms with E-state index in [0.717, 1.165) is 0 Å². The molecule has 30 heavy (non-hydrogen) atoms. The predicted molar refractivity (Wildman–Crippen MR) is 115 cm³/mol. The van der Waals surface area contributed by atoms with Gasteiger partial charge in [-0.05, 0) is 42.9 Å². The minimum Gasteiger partial charge on any atom is -0.352 e. The van der Waals surface area contributed by atoms with Gasteiger partial charge in [-0.15, -0.1) is 0 Å². The molecule has 1 saturated heterocycles. The second-order valence-electron chi connectivity index (χ2n) is 7.47. The van der Waals surface area contributed by atoms with Gasteiger partial charge >= 0.3 is 0 Å². The van der Waals surface area contributed by atoms with Gasteiger partial charge in [-0.3, -0.25) is 14.4 Å². The largest absolute Gasteiger partial charge is 0.352 e. The first-order valence-corrected chi connectivity index (χ1v) is 11.2. The Morgan fingerprint density at radius 2 is 2.03 bits per heavy atom. The van der Waals surface area contributed by atoms with Gasteiger partial charge in [-0.1, -0.05) is 24.3 Å². The lowest BCUT2D eigenvalue weighted by molar-refractivity contribution is -0.123. The van der Waals surface area contributed by atoms with Crippen molar-refractivity contribution < 1.29 is 18.8 Å². The second kappa shape index (κ2) is 8.47. The molecular weight excluding hydrogens is 405 g/mol. The molecule has 0 aliphatic carbocycles. The third-order valence-electron chi connectivity index (χ3n) is 5.50. The molecule has 0 aromatic heterocycles. The topological polar surface area (TPSA) is 78.5 Å². The summed E-state index contributed by atoms with van der Waals surface area (Å²) in [6.45, 7) is 0.366. The number of hydrogen-bond acceptors (Lipinski definition) is 4. The van der Waals surface area contributed by atoms with Gasteiger partial charge in [0.1, 0.15) is 11.9 Å². The summed E-state index contributed by atoms with van der Waals surface area (Å²) in [6.07, 6.45) is 2.80. The molecule has 2 atom stereocenters. The monoisotopic (exact) mass is 427 g/mol. The zero-order chi connectivity index (χ0) is 21.3. The summed E-state index contributed by atoms with van der Waals surface area (Å²) in [4.78, 5) is 39.6. The fourth-order valence-electron chi connectivity index (χ4n) is 4.05. The van der Waals surface area contributed by atoms with Crippen LogP contribution in [0, 0.1) is 5.82 Å². The number of anilines is 1. The number of fused-ring (bicyclic) bond motifs is 2. The van der Waals surface area contributed by atoms with Gasteiger partial charge in [0.15, 0.2) is 0 Å². The minimum absolute atomic E-state index is 0.0703. The van der Waals surface area contributed by atoms with Gasteiger partial charge in [-0.25, -0.2) is 4.39 Å². The quantitative estimate of drug-likeness (QED) is 0.787. The molecule has 3 amide bonds. The van der Waals surface area contributed by atoms with Crippen LogP contribution in [0.25, 0.3) is 11.1 Å². The first-order chi connectivity index (χ1) is 14.5. The van der Waals surface area contributed by atoms with Gasteiger partial charge in [-0.2, -0.15) is 11.8 Å². The van der Waals surface area contributed by atoms with E-state index >= 15 is 0 Å². The van der Waals surface area contributed by atoms with E-state index < -0.39 is 6.04 Å². The molecule has 0 unspecified atom stereocenters. The number of benzene rings is 2. The summed E-state index contributed by atoms with van der Waals surface area (Å²) in [5.41, 5.74) is 1.74. The van der Waals surface area contributed by atoms with Gasteiger partial charge in [0, 0.05) is 18.2 Å². The van der Waals surface area contributed by atoms with Crippen LogP contribution in [0.2, 0.25) is 0 Å². The van der Waals surface area contributed by atoms with Gasteiger partial charge in [0.2, 0.25) is 11.8 Å². The van der Waals surface area contributed by atoms with Gasteiger partial charge in [0.25, 0.3) is 5.91 Å². The Kier molecular flexibility index (Phi) is 5.76. The van der Waals surface area contributed by atoms with Crippen molar-refractivity contribution in [2.24, 2.45) is 0 Å². The predicted octanol–water partition coefficient (Wildman–Crippen LogP) is 2.90. The first-order valence-electron chi connectivity index (χ1n) is 9.77. The Morgan fingerprint density at radius 3 is 2.80 bits per heavy atom. The molecule has 2 aromatic carbocycles. The highest BCUT2D eigenvalue weighted by Crippen LogP contribution is 2.32. The molecule has 2 aromatic rings. The minimum atomic E-state index is -0.657. The van der Waals surface area contributed by atoms with Crippen molar-refractivity contribution in [3.8, 4) is 11.1 Å². The van der Waals surface area contributed by atoms with E-state index in [-0.39, 0.29) is 29.6 Å². The average Bonchev–Trinajstić information content (AvgIpc) is 2.83. The van der Waals surface area contributed by atoms with Crippen molar-refractivity contribution in [1.82, 2.24) is 10.2 Å². The second-order valence-corrected chi connectivity index (χ2v) is 8.33. The highest BCUT2D eigenvalue weighted by atomic mass is 32.2. The Hall–Kier alpha value is -2.87. The smallest absolute Gasteiger partial charge is 0.256 e. The fraction of sp³-hybridized carbons (Fsp3) is 0.318. The summed E-state index contributed by atoms with van der Waals surface area (Å²) in [5.74, 6) is -0.619. The fourth-order valence-corrected chi connectivity index (χ4v) is 4.40. The molecular formula is C22H22FN3O3S. The van der Waals surface area contributed by atoms with E-state index in [1.165, 1.54) is 17.8 Å². The van der Waals surface area contributed by atoms with Crippen molar-refractivity contribution in [2.75, 3.05) is 23.9 Å². The van der Waals surface area contributed by atoms with Crippen molar-refractivity contribution >= 4 is 35.2 Å². The lowest BCUT2D eigenvalue weighted by Crippen LogP contribution is -2.55. The van der Waals surface area contributed by atoms with E-state index in [0.29, 0.717) is 47.5 Å². The number of carbonyl (C=O) groups is 3. The number of rotatable bonds is 4. The zero-order valence-corrected chi connectivity index (χ0v) is 17.3. The van der Waals surface area contributed by atoms with Crippen LogP contribution in [0.1, 0.15) is 23.2 Å². The number of hydrogen-bond donors (Lipinski definition) is 2. The highest BCUT2D eigenvalue weighted by Gasteiger charge is 2.40. The standard InChI is InChI=1S/C22H22FN3O3S/c1-30-12-20(27)24-14-8-9-26-19(11-14)21(28)25-18-7-6-13(10-16(18)22(26)29)15-4-2-3-5-17(15)23/h2-7,10,14,19H,8-9,11-12H2,1H3,(H,24,27)(H,25,28)/t14-,19+/m1/s1. The summed E-state index contributed by atoms with van der Waals surface area (Å²) in [6, 6.07) is 10.5. The summed E-state index contributed by atoms with van der Waals surface area (Å²) < 4.78 is 14.2. The molecule has 0 spiro atoms. The van der Waals surface area contributed by atoms with E-state index in [9.17, 15) is 18.8 Å². The molecule has 0 bridgehead atoms. The summed E-state index contributed by atoms with van der Waals surface area (Å²) in [7, 11) is 0. The van der Waals surface area contributed by atoms with Crippen LogP contribution in [0.3, 0.4) is 0 Å². The molecule has 6 nitrogen and oxygen atoms in total. The molecule has 2 aliphatic heterocycles. The Balaban J connectivity index is 1.61. The highest BCUT2D eigenvalue weighted by molar-refractivity contribution is 7.99. The van der Waals surface area contributed by atoms with Crippen molar-refractivity contribution in [2.45, 2.75) is 24.9 Å². The molecule has 0 saturated carbocycles. The molecule has 2 N–H and O–H groups in total.